The third-order valence-corrected chi connectivity index (χ3v) is 9.89. The van der Waals surface area contributed by atoms with Crippen LogP contribution in [0.15, 0.2) is 11.6 Å². The monoisotopic (exact) mass is 478 g/mol. The van der Waals surface area contributed by atoms with Gasteiger partial charge in [0.1, 0.15) is 18.3 Å². The SMILES string of the molecule is CCC(C)C(=O)O[C@H]1C(=O)O[C@@H]2C[C@H]3C(C)=CC(=O)[C@@H](O)C3(C)C3C4(O)OC[C@]32[C@@H]1[C@@H](C)[C@H]4O. The molecule has 4 unspecified atom stereocenters. The quantitative estimate of drug-likeness (QED) is 0.501. The van der Waals surface area contributed by atoms with E-state index in [1.165, 1.54) is 6.08 Å². The second kappa shape index (κ2) is 7.35. The molecule has 5 rings (SSSR count). The van der Waals surface area contributed by atoms with Gasteiger partial charge < -0.3 is 29.5 Å². The van der Waals surface area contributed by atoms with Crippen molar-refractivity contribution in [3.05, 3.63) is 11.6 Å². The van der Waals surface area contributed by atoms with Gasteiger partial charge in [-0.2, -0.15) is 0 Å². The van der Waals surface area contributed by atoms with Gasteiger partial charge in [0.25, 0.3) is 0 Å². The highest BCUT2D eigenvalue weighted by Crippen LogP contribution is 2.73. The van der Waals surface area contributed by atoms with Crippen LogP contribution in [0.25, 0.3) is 0 Å². The fourth-order valence-corrected chi connectivity index (χ4v) is 8.14. The van der Waals surface area contributed by atoms with Crippen molar-refractivity contribution in [2.24, 2.45) is 40.4 Å². The molecule has 2 heterocycles. The van der Waals surface area contributed by atoms with Crippen molar-refractivity contribution in [2.45, 2.75) is 77.7 Å². The van der Waals surface area contributed by atoms with Crippen LogP contribution in [0.5, 0.6) is 0 Å². The third-order valence-electron chi connectivity index (χ3n) is 9.89. The summed E-state index contributed by atoms with van der Waals surface area (Å²) in [7, 11) is 0. The zero-order valence-electron chi connectivity index (χ0n) is 20.2. The summed E-state index contributed by atoms with van der Waals surface area (Å²) in [5.74, 6) is -6.89. The summed E-state index contributed by atoms with van der Waals surface area (Å²) < 4.78 is 17.6. The van der Waals surface area contributed by atoms with Gasteiger partial charge in [0.05, 0.1) is 12.5 Å². The van der Waals surface area contributed by atoms with Gasteiger partial charge in [0, 0.05) is 22.7 Å². The summed E-state index contributed by atoms with van der Waals surface area (Å²) in [6.45, 7) is 8.74. The molecule has 0 amide bonds. The topological polar surface area (TPSA) is 140 Å². The van der Waals surface area contributed by atoms with Crippen molar-refractivity contribution in [1.82, 2.24) is 0 Å². The Labute approximate surface area is 198 Å². The lowest BCUT2D eigenvalue weighted by atomic mass is 9.38. The van der Waals surface area contributed by atoms with E-state index in [9.17, 15) is 29.7 Å². The minimum Gasteiger partial charge on any atom is -0.459 e. The number of carbonyl (C=O) groups excluding carboxylic acids is 3. The molecule has 34 heavy (non-hydrogen) atoms. The van der Waals surface area contributed by atoms with Crippen LogP contribution >= 0.6 is 0 Å². The number of aliphatic hydroxyl groups excluding tert-OH is 2. The number of ketones is 1. The molecule has 12 atom stereocenters. The number of aliphatic hydroxyl groups is 3. The Morgan fingerprint density at radius 3 is 2.65 bits per heavy atom. The van der Waals surface area contributed by atoms with Crippen LogP contribution in [0, 0.1) is 40.4 Å². The van der Waals surface area contributed by atoms with Crippen molar-refractivity contribution in [3.63, 3.8) is 0 Å². The summed E-state index contributed by atoms with van der Waals surface area (Å²) in [5, 5.41) is 34.3. The summed E-state index contributed by atoms with van der Waals surface area (Å²) in [6.07, 6.45) is -2.58. The third kappa shape index (κ3) is 2.61. The maximum atomic E-state index is 13.2. The smallest absolute Gasteiger partial charge is 0.348 e. The predicted octanol–water partition coefficient (Wildman–Crippen LogP) is 0.734. The first-order valence-corrected chi connectivity index (χ1v) is 12.2. The highest BCUT2D eigenvalue weighted by Gasteiger charge is 2.83. The predicted molar refractivity (Wildman–Crippen MR) is 116 cm³/mol. The molecule has 2 bridgehead atoms. The zero-order chi connectivity index (χ0) is 25.0. The van der Waals surface area contributed by atoms with Crippen molar-refractivity contribution in [2.75, 3.05) is 6.61 Å². The van der Waals surface area contributed by atoms with Crippen molar-refractivity contribution in [1.29, 1.82) is 0 Å². The standard InChI is InChI=1S/C25H34O9/c1-6-10(2)20(29)34-17-16-12(4)18(27)25(31)22-23(5)13(11(3)7-14(26)19(23)28)8-15(33-21(17)30)24(16,22)9-32-25/h7,10,12-13,15-19,22,27-28,31H,6,8-9H2,1-5H3/t10?,12-,13+,15-,16-,17-,18-,19-,22?,23?,24+,25?/m1/s1. The molecular formula is C25H34O9. The van der Waals surface area contributed by atoms with E-state index < -0.39 is 82.4 Å². The average molecular weight is 479 g/mol. The van der Waals surface area contributed by atoms with E-state index in [2.05, 4.69) is 0 Å². The minimum absolute atomic E-state index is 0.0540. The van der Waals surface area contributed by atoms with E-state index in [4.69, 9.17) is 14.2 Å². The number of rotatable bonds is 3. The summed E-state index contributed by atoms with van der Waals surface area (Å²) in [6, 6.07) is 0. The lowest BCUT2D eigenvalue weighted by molar-refractivity contribution is -0.340. The fourth-order valence-electron chi connectivity index (χ4n) is 8.14. The molecule has 188 valence electrons. The molecule has 4 fully saturated rings. The Morgan fingerprint density at radius 2 is 2.00 bits per heavy atom. The molecule has 2 saturated carbocycles. The van der Waals surface area contributed by atoms with E-state index in [-0.39, 0.29) is 12.5 Å². The number of fused-ring (bicyclic) bond motifs is 1. The summed E-state index contributed by atoms with van der Waals surface area (Å²) >= 11 is 0. The van der Waals surface area contributed by atoms with Crippen LogP contribution in [0.2, 0.25) is 0 Å². The van der Waals surface area contributed by atoms with Gasteiger partial charge in [-0.25, -0.2) is 4.79 Å². The highest BCUT2D eigenvalue weighted by atomic mass is 16.7. The van der Waals surface area contributed by atoms with Gasteiger partial charge in [-0.15, -0.1) is 0 Å². The van der Waals surface area contributed by atoms with E-state index in [1.54, 1.807) is 27.7 Å². The Bertz CT molecular complexity index is 975. The van der Waals surface area contributed by atoms with Gasteiger partial charge in [0.2, 0.25) is 6.10 Å². The van der Waals surface area contributed by atoms with Gasteiger partial charge in [0.15, 0.2) is 11.6 Å². The van der Waals surface area contributed by atoms with Crippen LogP contribution in [-0.2, 0) is 28.6 Å². The van der Waals surface area contributed by atoms with Crippen LogP contribution in [0.4, 0.5) is 0 Å². The van der Waals surface area contributed by atoms with Crippen LogP contribution in [-0.4, -0.2) is 69.9 Å². The Hall–Kier alpha value is -1.81. The first-order chi connectivity index (χ1) is 15.8. The van der Waals surface area contributed by atoms with E-state index >= 15 is 0 Å². The van der Waals surface area contributed by atoms with Gasteiger partial charge in [-0.3, -0.25) is 9.59 Å². The number of hydrogen-bond donors (Lipinski definition) is 3. The second-order valence-electron chi connectivity index (χ2n) is 11.4. The van der Waals surface area contributed by atoms with E-state index in [1.807, 2.05) is 6.92 Å². The Morgan fingerprint density at radius 1 is 1.32 bits per heavy atom. The Kier molecular flexibility index (Phi) is 5.17. The maximum absolute atomic E-state index is 13.2. The first-order valence-electron chi connectivity index (χ1n) is 12.2. The Balaban J connectivity index is 1.69. The normalized spacial score (nSPS) is 52.2. The minimum atomic E-state index is -2.06. The molecule has 0 aromatic carbocycles. The highest BCUT2D eigenvalue weighted by molar-refractivity contribution is 5.96. The van der Waals surface area contributed by atoms with Crippen molar-refractivity contribution >= 4 is 17.7 Å². The van der Waals surface area contributed by atoms with Crippen LogP contribution < -0.4 is 0 Å². The first kappa shape index (κ1) is 23.9. The summed E-state index contributed by atoms with van der Waals surface area (Å²) in [4.78, 5) is 38.7. The van der Waals surface area contributed by atoms with Crippen molar-refractivity contribution < 1.29 is 43.9 Å². The molecule has 9 heteroatoms. The molecule has 2 saturated heterocycles. The fraction of sp³-hybridized carbons (Fsp3) is 0.800. The molecule has 1 spiro atoms. The average Bonchev–Trinajstić information content (AvgIpc) is 3.08. The van der Waals surface area contributed by atoms with Crippen LogP contribution in [0.1, 0.15) is 47.5 Å². The molecule has 0 aromatic rings. The number of allylic oxidation sites excluding steroid dienone is 1. The van der Waals surface area contributed by atoms with Crippen molar-refractivity contribution in [3.8, 4) is 0 Å². The van der Waals surface area contributed by atoms with Gasteiger partial charge in [-0.05, 0) is 37.7 Å². The maximum Gasteiger partial charge on any atom is 0.348 e. The zero-order valence-corrected chi connectivity index (χ0v) is 20.2. The molecule has 2 aliphatic heterocycles. The molecule has 9 nitrogen and oxygen atoms in total. The molecule has 0 radical (unpaired) electrons. The largest absolute Gasteiger partial charge is 0.459 e. The van der Waals surface area contributed by atoms with E-state index in [0.717, 1.165) is 5.57 Å². The molecule has 0 aromatic heterocycles. The lowest BCUT2D eigenvalue weighted by Crippen LogP contribution is -2.78. The molecule has 3 N–H and O–H groups in total. The number of esters is 2. The van der Waals surface area contributed by atoms with Crippen LogP contribution in [0.3, 0.4) is 0 Å². The number of carbonyl (C=O) groups is 3. The second-order valence-corrected chi connectivity index (χ2v) is 11.4. The summed E-state index contributed by atoms with van der Waals surface area (Å²) in [5.41, 5.74) is -1.51. The van der Waals surface area contributed by atoms with E-state index in [0.29, 0.717) is 12.8 Å². The number of ether oxygens (including phenoxy) is 3. The lowest BCUT2D eigenvalue weighted by Gasteiger charge is -2.68. The molecule has 3 aliphatic carbocycles. The number of hydrogen-bond acceptors (Lipinski definition) is 9. The van der Waals surface area contributed by atoms with Gasteiger partial charge >= 0.3 is 11.9 Å². The molecule has 5 aliphatic rings. The molecular weight excluding hydrogens is 444 g/mol. The van der Waals surface area contributed by atoms with Gasteiger partial charge in [-0.1, -0.05) is 33.3 Å².